The summed E-state index contributed by atoms with van der Waals surface area (Å²) >= 11 is 0. The number of unbranched alkanes of at least 4 members (excludes halogenated alkanes) is 13. The normalized spacial score (nSPS) is 14.2. The van der Waals surface area contributed by atoms with E-state index in [9.17, 15) is 19.0 Å². The zero-order valence-corrected chi connectivity index (χ0v) is 32.1. The number of quaternary nitrogens is 1. The van der Waals surface area contributed by atoms with Gasteiger partial charge in [0.2, 0.25) is 0 Å². The van der Waals surface area contributed by atoms with E-state index in [1.54, 1.807) is 0 Å². The largest absolute Gasteiger partial charge is 0.472 e. The van der Waals surface area contributed by atoms with Crippen LogP contribution < -0.4 is 0 Å². The molecule has 0 radical (unpaired) electrons. The fourth-order valence-electron chi connectivity index (χ4n) is 4.67. The lowest BCUT2D eigenvalue weighted by Crippen LogP contribution is -2.37. The Kier molecular flexibility index (Phi) is 30.1. The minimum Gasteiger partial charge on any atom is -0.462 e. The molecule has 0 aliphatic carbocycles. The first-order chi connectivity index (χ1) is 23.0. The first kappa shape index (κ1) is 46.2. The van der Waals surface area contributed by atoms with Gasteiger partial charge in [-0.25, -0.2) is 4.57 Å². The molecule has 2 atom stereocenters. The van der Waals surface area contributed by atoms with Crippen LogP contribution in [0.2, 0.25) is 0 Å². The molecule has 10 heteroatoms. The molecule has 0 aromatic carbocycles. The van der Waals surface area contributed by atoms with Crippen LogP contribution in [0.4, 0.5) is 0 Å². The summed E-state index contributed by atoms with van der Waals surface area (Å²) in [6, 6.07) is 0. The van der Waals surface area contributed by atoms with Gasteiger partial charge in [-0.2, -0.15) is 0 Å². The van der Waals surface area contributed by atoms with Gasteiger partial charge in [0.25, 0.3) is 0 Å². The van der Waals surface area contributed by atoms with E-state index < -0.39 is 26.5 Å². The molecule has 0 fully saturated rings. The Labute approximate surface area is 293 Å². The number of carbonyl (C=O) groups excluding carboxylic acids is 2. The molecule has 0 amide bonds. The predicted molar refractivity (Wildman–Crippen MR) is 197 cm³/mol. The van der Waals surface area contributed by atoms with E-state index in [0.29, 0.717) is 17.4 Å². The minimum atomic E-state index is -4.36. The van der Waals surface area contributed by atoms with Gasteiger partial charge in [0.15, 0.2) is 6.10 Å². The van der Waals surface area contributed by atoms with Crippen molar-refractivity contribution in [1.29, 1.82) is 0 Å². The molecule has 0 aromatic rings. The highest BCUT2D eigenvalue weighted by atomic mass is 31.2. The van der Waals surface area contributed by atoms with E-state index in [1.807, 2.05) is 21.1 Å². The first-order valence-electron chi connectivity index (χ1n) is 18.7. The molecule has 1 N–H and O–H groups in total. The van der Waals surface area contributed by atoms with Crippen LogP contribution in [-0.4, -0.2) is 74.9 Å². The van der Waals surface area contributed by atoms with Crippen molar-refractivity contribution in [3.8, 4) is 0 Å². The molecule has 0 aliphatic heterocycles. The maximum absolute atomic E-state index is 12.6. The molecule has 0 saturated heterocycles. The molecule has 0 aromatic heterocycles. The van der Waals surface area contributed by atoms with Crippen LogP contribution in [0.1, 0.15) is 142 Å². The van der Waals surface area contributed by atoms with Crippen LogP contribution in [-0.2, 0) is 32.7 Å². The van der Waals surface area contributed by atoms with Crippen molar-refractivity contribution in [2.45, 2.75) is 148 Å². The Morgan fingerprint density at radius 2 is 1.12 bits per heavy atom. The van der Waals surface area contributed by atoms with Gasteiger partial charge >= 0.3 is 19.8 Å². The third kappa shape index (κ3) is 34.1. The van der Waals surface area contributed by atoms with E-state index in [-0.39, 0.29) is 32.0 Å². The first-order valence-corrected chi connectivity index (χ1v) is 20.2. The van der Waals surface area contributed by atoms with Gasteiger partial charge in [0, 0.05) is 12.8 Å². The standard InChI is InChI=1S/C38H70NO8P/c1-6-8-10-12-13-14-15-16-17-18-19-20-21-22-23-24-25-27-29-31-38(41)47-36(34-44-37(40)30-28-26-11-9-7-2)35-46-48(42,43)45-33-32-39(3,4)5/h13-14,16-17,19-20,36H,6-12,15,18,21-35H2,1-5H3/p+1/b14-13-,17-16-,20-19-. The van der Waals surface area contributed by atoms with Crippen LogP contribution >= 0.6 is 7.82 Å². The molecule has 9 nitrogen and oxygen atoms in total. The summed E-state index contributed by atoms with van der Waals surface area (Å²) in [4.78, 5) is 34.9. The number of allylic oxidation sites excluding steroid dienone is 6. The van der Waals surface area contributed by atoms with E-state index in [1.165, 1.54) is 25.7 Å². The summed E-state index contributed by atoms with van der Waals surface area (Å²) in [6.45, 7) is 4.26. The second-order valence-corrected chi connectivity index (χ2v) is 15.1. The fourth-order valence-corrected chi connectivity index (χ4v) is 5.41. The summed E-state index contributed by atoms with van der Waals surface area (Å²) in [6.07, 6.45) is 32.3. The van der Waals surface area contributed by atoms with Crippen LogP contribution in [0.5, 0.6) is 0 Å². The van der Waals surface area contributed by atoms with Crippen molar-refractivity contribution in [2.75, 3.05) is 47.5 Å². The van der Waals surface area contributed by atoms with Gasteiger partial charge < -0.3 is 18.9 Å². The zero-order valence-electron chi connectivity index (χ0n) is 31.2. The Balaban J connectivity index is 4.32. The molecule has 2 unspecified atom stereocenters. The molecule has 48 heavy (non-hydrogen) atoms. The highest BCUT2D eigenvalue weighted by molar-refractivity contribution is 7.47. The van der Waals surface area contributed by atoms with Gasteiger partial charge in [-0.15, -0.1) is 0 Å². The number of carbonyl (C=O) groups is 2. The Morgan fingerprint density at radius 1 is 0.646 bits per heavy atom. The van der Waals surface area contributed by atoms with Crippen LogP contribution in [0.15, 0.2) is 36.5 Å². The molecule has 0 bridgehead atoms. The lowest BCUT2D eigenvalue weighted by Gasteiger charge is -2.24. The summed E-state index contributed by atoms with van der Waals surface area (Å²) in [5.74, 6) is -0.831. The quantitative estimate of drug-likeness (QED) is 0.0237. The third-order valence-corrected chi connectivity index (χ3v) is 8.66. The lowest BCUT2D eigenvalue weighted by molar-refractivity contribution is -0.870. The van der Waals surface area contributed by atoms with Crippen LogP contribution in [0, 0.1) is 0 Å². The summed E-state index contributed by atoms with van der Waals surface area (Å²) in [5.41, 5.74) is 0. The van der Waals surface area contributed by atoms with Gasteiger partial charge in [-0.05, 0) is 51.4 Å². The summed E-state index contributed by atoms with van der Waals surface area (Å²) < 4.78 is 33.9. The van der Waals surface area contributed by atoms with Crippen molar-refractivity contribution < 1.29 is 42.1 Å². The number of phosphoric ester groups is 1. The minimum absolute atomic E-state index is 0.0284. The SMILES string of the molecule is CCCCC/C=C\C/C=C\C/C=C\CCCCCCCCC(=O)OC(COC(=O)CCCCCCC)COP(=O)(O)OCC[N+](C)(C)C. The Hall–Kier alpha value is -1.77. The van der Waals surface area contributed by atoms with Gasteiger partial charge in [-0.1, -0.05) is 115 Å². The number of hydrogen-bond acceptors (Lipinski definition) is 7. The van der Waals surface area contributed by atoms with E-state index in [0.717, 1.165) is 83.5 Å². The van der Waals surface area contributed by atoms with Gasteiger partial charge in [0.05, 0.1) is 27.7 Å². The summed E-state index contributed by atoms with van der Waals surface area (Å²) in [5, 5.41) is 0. The van der Waals surface area contributed by atoms with Crippen molar-refractivity contribution in [2.24, 2.45) is 0 Å². The average Bonchev–Trinajstić information content (AvgIpc) is 3.02. The topological polar surface area (TPSA) is 108 Å². The lowest BCUT2D eigenvalue weighted by atomic mass is 10.1. The molecule has 0 rings (SSSR count). The number of nitrogens with zero attached hydrogens (tertiary/aromatic N) is 1. The molecule has 280 valence electrons. The third-order valence-electron chi connectivity index (χ3n) is 7.67. The number of hydrogen-bond donors (Lipinski definition) is 1. The molecular weight excluding hydrogens is 629 g/mol. The monoisotopic (exact) mass is 700 g/mol. The highest BCUT2D eigenvalue weighted by Crippen LogP contribution is 2.43. The molecule has 0 aliphatic rings. The fraction of sp³-hybridized carbons (Fsp3) is 0.789. The number of phosphoric acid groups is 1. The molecule has 0 spiro atoms. The van der Waals surface area contributed by atoms with Crippen molar-refractivity contribution in [3.63, 3.8) is 0 Å². The molecule has 0 saturated carbocycles. The van der Waals surface area contributed by atoms with E-state index in [2.05, 4.69) is 50.3 Å². The Morgan fingerprint density at radius 3 is 1.71 bits per heavy atom. The second-order valence-electron chi connectivity index (χ2n) is 13.6. The van der Waals surface area contributed by atoms with Crippen molar-refractivity contribution in [1.82, 2.24) is 0 Å². The smallest absolute Gasteiger partial charge is 0.462 e. The molecular formula is C38H71NO8P+. The van der Waals surface area contributed by atoms with Crippen LogP contribution in [0.3, 0.4) is 0 Å². The van der Waals surface area contributed by atoms with Gasteiger partial charge in [-0.3, -0.25) is 18.6 Å². The van der Waals surface area contributed by atoms with Crippen LogP contribution in [0.25, 0.3) is 0 Å². The maximum Gasteiger partial charge on any atom is 0.472 e. The van der Waals surface area contributed by atoms with E-state index >= 15 is 0 Å². The van der Waals surface area contributed by atoms with E-state index in [4.69, 9.17) is 18.5 Å². The number of esters is 2. The predicted octanol–water partition coefficient (Wildman–Crippen LogP) is 9.79. The zero-order chi connectivity index (χ0) is 35.8. The number of rotatable bonds is 33. The average molecular weight is 701 g/mol. The number of likely N-dealkylation sites (N-methyl/N-ethyl adjacent to an activating group) is 1. The van der Waals surface area contributed by atoms with Crippen molar-refractivity contribution in [3.05, 3.63) is 36.5 Å². The summed E-state index contributed by atoms with van der Waals surface area (Å²) in [7, 11) is 1.46. The Bertz CT molecular complexity index is 928. The maximum atomic E-state index is 12.6. The molecule has 0 heterocycles. The number of ether oxygens (including phenoxy) is 2. The van der Waals surface area contributed by atoms with Gasteiger partial charge in [0.1, 0.15) is 19.8 Å². The second kappa shape index (κ2) is 31.2. The highest BCUT2D eigenvalue weighted by Gasteiger charge is 2.27. The van der Waals surface area contributed by atoms with Crippen molar-refractivity contribution >= 4 is 19.8 Å².